The molecule has 0 radical (unpaired) electrons. The van der Waals surface area contributed by atoms with E-state index in [4.69, 9.17) is 9.47 Å². The largest absolute Gasteiger partial charge is 0.453 e. The van der Waals surface area contributed by atoms with Crippen molar-refractivity contribution in [3.8, 4) is 6.07 Å². The van der Waals surface area contributed by atoms with Gasteiger partial charge in [-0.25, -0.2) is 4.79 Å². The van der Waals surface area contributed by atoms with Crippen LogP contribution in [-0.4, -0.2) is 41.2 Å². The van der Waals surface area contributed by atoms with Gasteiger partial charge in [0.2, 0.25) is 5.78 Å². The van der Waals surface area contributed by atoms with E-state index in [2.05, 4.69) is 4.57 Å². The lowest BCUT2D eigenvalue weighted by molar-refractivity contribution is -0.137. The summed E-state index contributed by atoms with van der Waals surface area (Å²) in [6.45, 7) is 8.43. The van der Waals surface area contributed by atoms with Crippen molar-refractivity contribution in [3.05, 3.63) is 51.6 Å². The Kier molecular flexibility index (Phi) is 7.18. The van der Waals surface area contributed by atoms with Gasteiger partial charge < -0.3 is 18.6 Å². The molecule has 2 rings (SSSR count). The molecule has 7 nitrogen and oxygen atoms in total. The van der Waals surface area contributed by atoms with Crippen molar-refractivity contribution in [2.45, 2.75) is 34.2 Å². The number of aryl methyl sites for hydroxylation is 2. The van der Waals surface area contributed by atoms with E-state index in [0.717, 1.165) is 28.3 Å². The van der Waals surface area contributed by atoms with Gasteiger partial charge in [-0.3, -0.25) is 4.79 Å². The van der Waals surface area contributed by atoms with E-state index in [9.17, 15) is 14.9 Å². The van der Waals surface area contributed by atoms with Crippen molar-refractivity contribution in [1.29, 1.82) is 5.26 Å². The lowest BCUT2D eigenvalue weighted by Crippen LogP contribution is -2.15. The van der Waals surface area contributed by atoms with Gasteiger partial charge in [0.1, 0.15) is 11.6 Å². The van der Waals surface area contributed by atoms with E-state index >= 15 is 0 Å². The van der Waals surface area contributed by atoms with E-state index < -0.39 is 12.6 Å². The van der Waals surface area contributed by atoms with E-state index in [1.165, 1.54) is 6.08 Å². The first kappa shape index (κ1) is 22.2. The highest BCUT2D eigenvalue weighted by Crippen LogP contribution is 2.19. The minimum atomic E-state index is -0.812. The Morgan fingerprint density at radius 2 is 1.83 bits per heavy atom. The maximum absolute atomic E-state index is 12.4. The number of rotatable bonds is 8. The standard InChI is InChI=1S/C22H27N3O4/c1-14-10-20(17(4)24(14)5)21(26)13-29-22(27)19(12-23)11-18-9-15(2)25(16(18)3)7-8-28-6/h9-11H,7-8,13H2,1-6H3/b19-11+. The molecule has 0 unspecified atom stereocenters. The summed E-state index contributed by atoms with van der Waals surface area (Å²) in [5.41, 5.74) is 4.80. The van der Waals surface area contributed by atoms with Crippen LogP contribution in [0.3, 0.4) is 0 Å². The highest BCUT2D eigenvalue weighted by atomic mass is 16.5. The summed E-state index contributed by atoms with van der Waals surface area (Å²) in [7, 11) is 3.51. The molecule has 0 aliphatic carbocycles. The Morgan fingerprint density at radius 3 is 2.38 bits per heavy atom. The number of aromatic nitrogens is 2. The molecule has 0 amide bonds. The number of nitrogens with zero attached hydrogens (tertiary/aromatic N) is 3. The summed E-state index contributed by atoms with van der Waals surface area (Å²) in [5, 5.41) is 9.40. The summed E-state index contributed by atoms with van der Waals surface area (Å²) in [5.74, 6) is -1.11. The summed E-state index contributed by atoms with van der Waals surface area (Å²) in [4.78, 5) is 24.7. The summed E-state index contributed by atoms with van der Waals surface area (Å²) >= 11 is 0. The maximum atomic E-state index is 12.4. The van der Waals surface area contributed by atoms with Crippen LogP contribution in [0.5, 0.6) is 0 Å². The van der Waals surface area contributed by atoms with Gasteiger partial charge in [0.25, 0.3) is 0 Å². The molecule has 0 N–H and O–H groups in total. The summed E-state index contributed by atoms with van der Waals surface area (Å²) in [6.07, 6.45) is 1.50. The van der Waals surface area contributed by atoms with Crippen LogP contribution < -0.4 is 0 Å². The lowest BCUT2D eigenvalue weighted by atomic mass is 10.1. The van der Waals surface area contributed by atoms with Crippen LogP contribution in [0.15, 0.2) is 17.7 Å². The monoisotopic (exact) mass is 397 g/mol. The Morgan fingerprint density at radius 1 is 1.14 bits per heavy atom. The fourth-order valence-corrected chi connectivity index (χ4v) is 3.22. The van der Waals surface area contributed by atoms with Crippen molar-refractivity contribution < 1.29 is 19.1 Å². The van der Waals surface area contributed by atoms with E-state index in [-0.39, 0.29) is 11.4 Å². The van der Waals surface area contributed by atoms with Crippen LogP contribution in [0.1, 0.15) is 38.7 Å². The first-order chi connectivity index (χ1) is 13.7. The number of Topliss-reactive ketones (excluding diaryl/α,β-unsaturated/α-hetero) is 1. The highest BCUT2D eigenvalue weighted by Gasteiger charge is 2.18. The molecule has 154 valence electrons. The van der Waals surface area contributed by atoms with Crippen molar-refractivity contribution in [3.63, 3.8) is 0 Å². The average Bonchev–Trinajstić information content (AvgIpc) is 3.11. The van der Waals surface area contributed by atoms with Gasteiger partial charge in [0.05, 0.1) is 6.61 Å². The maximum Gasteiger partial charge on any atom is 0.349 e. The van der Waals surface area contributed by atoms with Crippen molar-refractivity contribution in [2.24, 2.45) is 7.05 Å². The number of ether oxygens (including phenoxy) is 2. The number of esters is 1. The molecule has 2 heterocycles. The van der Waals surface area contributed by atoms with E-state index in [1.807, 2.05) is 51.4 Å². The van der Waals surface area contributed by atoms with Gasteiger partial charge in [-0.05, 0) is 51.5 Å². The topological polar surface area (TPSA) is 86.2 Å². The van der Waals surface area contributed by atoms with Gasteiger partial charge in [-0.15, -0.1) is 0 Å². The SMILES string of the molecule is COCCn1c(C)cc(/C=C(\C#N)C(=O)OCC(=O)c2cc(C)n(C)c2C)c1C. The normalized spacial score (nSPS) is 11.4. The molecule has 7 heteroatoms. The molecule has 2 aromatic rings. The van der Waals surface area contributed by atoms with Crippen LogP contribution in [0, 0.1) is 39.0 Å². The smallest absolute Gasteiger partial charge is 0.349 e. The average molecular weight is 397 g/mol. The molecule has 0 saturated carbocycles. The zero-order valence-corrected chi connectivity index (χ0v) is 17.8. The van der Waals surface area contributed by atoms with Crippen molar-refractivity contribution >= 4 is 17.8 Å². The zero-order chi connectivity index (χ0) is 21.7. The van der Waals surface area contributed by atoms with Crippen molar-refractivity contribution in [1.82, 2.24) is 9.13 Å². The third kappa shape index (κ3) is 4.84. The summed E-state index contributed by atoms with van der Waals surface area (Å²) in [6, 6.07) is 5.54. The van der Waals surface area contributed by atoms with Gasteiger partial charge in [-0.2, -0.15) is 5.26 Å². The van der Waals surface area contributed by atoms with Crippen LogP contribution in [-0.2, 0) is 27.9 Å². The fraction of sp³-hybridized carbons (Fsp3) is 0.409. The number of ketones is 1. The minimum absolute atomic E-state index is 0.147. The van der Waals surface area contributed by atoms with Gasteiger partial charge in [0.15, 0.2) is 6.61 Å². The number of hydrogen-bond donors (Lipinski definition) is 0. The quantitative estimate of drug-likeness (QED) is 0.296. The van der Waals surface area contributed by atoms with Crippen LogP contribution in [0.4, 0.5) is 0 Å². The Labute approximate surface area is 171 Å². The minimum Gasteiger partial charge on any atom is -0.453 e. The summed E-state index contributed by atoms with van der Waals surface area (Å²) < 4.78 is 14.2. The van der Waals surface area contributed by atoms with E-state index in [0.29, 0.717) is 18.7 Å². The number of carbonyl (C=O) groups is 2. The second-order valence-electron chi connectivity index (χ2n) is 6.98. The van der Waals surface area contributed by atoms with Crippen LogP contribution >= 0.6 is 0 Å². The zero-order valence-electron chi connectivity index (χ0n) is 17.8. The predicted octanol–water partition coefficient (Wildman–Crippen LogP) is 3.04. The number of carbonyl (C=O) groups excluding carboxylic acids is 2. The lowest BCUT2D eigenvalue weighted by Gasteiger charge is -2.08. The van der Waals surface area contributed by atoms with E-state index in [1.54, 1.807) is 13.2 Å². The third-order valence-electron chi connectivity index (χ3n) is 5.18. The third-order valence-corrected chi connectivity index (χ3v) is 5.18. The number of methoxy groups -OCH3 is 1. The Balaban J connectivity index is 2.14. The second kappa shape index (κ2) is 9.39. The molecule has 0 aliphatic rings. The molecule has 0 bridgehead atoms. The number of nitriles is 1. The molecule has 0 saturated heterocycles. The molecule has 0 spiro atoms. The first-order valence-corrected chi connectivity index (χ1v) is 9.32. The second-order valence-corrected chi connectivity index (χ2v) is 6.98. The molecule has 2 aromatic heterocycles. The van der Waals surface area contributed by atoms with Crippen LogP contribution in [0.25, 0.3) is 6.08 Å². The first-order valence-electron chi connectivity index (χ1n) is 9.32. The van der Waals surface area contributed by atoms with Crippen molar-refractivity contribution in [2.75, 3.05) is 20.3 Å². The van der Waals surface area contributed by atoms with Gasteiger partial charge in [-0.1, -0.05) is 0 Å². The molecule has 0 aliphatic heterocycles. The molecule has 0 fully saturated rings. The fourth-order valence-electron chi connectivity index (χ4n) is 3.22. The highest BCUT2D eigenvalue weighted by molar-refractivity contribution is 6.02. The molecular formula is C22H27N3O4. The predicted molar refractivity (Wildman–Crippen MR) is 110 cm³/mol. The molecule has 0 aromatic carbocycles. The van der Waals surface area contributed by atoms with Gasteiger partial charge >= 0.3 is 5.97 Å². The molecule has 29 heavy (non-hydrogen) atoms. The Hall–Kier alpha value is -3.11. The number of hydrogen-bond acceptors (Lipinski definition) is 5. The molecule has 0 atom stereocenters. The Bertz CT molecular complexity index is 1000. The van der Waals surface area contributed by atoms with Crippen LogP contribution in [0.2, 0.25) is 0 Å². The molecular weight excluding hydrogens is 370 g/mol. The van der Waals surface area contributed by atoms with Gasteiger partial charge in [0, 0.05) is 49.0 Å².